The van der Waals surface area contributed by atoms with Crippen LogP contribution in [0.25, 0.3) is 0 Å². The molecular weight excluding hydrogens is 444 g/mol. The van der Waals surface area contributed by atoms with Gasteiger partial charge in [-0.15, -0.1) is 0 Å². The summed E-state index contributed by atoms with van der Waals surface area (Å²) in [6, 6.07) is 3.96. The van der Waals surface area contributed by atoms with Crippen LogP contribution in [-0.2, 0) is 14.8 Å². The highest BCUT2D eigenvalue weighted by molar-refractivity contribution is 7.89. The molecule has 8 nitrogen and oxygen atoms in total. The molecule has 182 valence electrons. The van der Waals surface area contributed by atoms with Gasteiger partial charge in [-0.25, -0.2) is 8.42 Å². The van der Waals surface area contributed by atoms with Gasteiger partial charge in [-0.2, -0.15) is 4.31 Å². The minimum atomic E-state index is -3.94. The van der Waals surface area contributed by atoms with Gasteiger partial charge in [-0.1, -0.05) is 18.8 Å². The first-order chi connectivity index (χ1) is 15.5. The van der Waals surface area contributed by atoms with Crippen LogP contribution in [0.15, 0.2) is 23.1 Å². The van der Waals surface area contributed by atoms with E-state index in [4.69, 9.17) is 4.74 Å². The van der Waals surface area contributed by atoms with Gasteiger partial charge in [-0.05, 0) is 50.8 Å². The number of sulfonamides is 1. The lowest BCUT2D eigenvalue weighted by Crippen LogP contribution is -2.50. The predicted octanol–water partition coefficient (Wildman–Crippen LogP) is 1.45. The SMILES string of the molecule is C[C@@H]1CN([C@H](C)CO)S(=O)(=O)c2ccc(C#C[C@@H](C)O)cc2O[C@H]1CN(C)C(=O)CC1CC1. The van der Waals surface area contributed by atoms with Crippen molar-refractivity contribution in [3.05, 3.63) is 23.8 Å². The summed E-state index contributed by atoms with van der Waals surface area (Å²) < 4.78 is 34.5. The summed E-state index contributed by atoms with van der Waals surface area (Å²) in [5.74, 6) is 5.91. The second-order valence-corrected chi connectivity index (χ2v) is 11.1. The normalized spacial score (nSPS) is 24.2. The molecule has 0 aromatic heterocycles. The van der Waals surface area contributed by atoms with Crippen molar-refractivity contribution in [1.82, 2.24) is 9.21 Å². The molecule has 0 bridgehead atoms. The zero-order valence-corrected chi connectivity index (χ0v) is 20.5. The Morgan fingerprint density at radius 3 is 2.64 bits per heavy atom. The molecule has 1 amide bonds. The molecule has 2 N–H and O–H groups in total. The van der Waals surface area contributed by atoms with Crippen molar-refractivity contribution >= 4 is 15.9 Å². The highest BCUT2D eigenvalue weighted by Gasteiger charge is 2.38. The third-order valence-electron chi connectivity index (χ3n) is 6.13. The molecule has 3 rings (SSSR count). The van der Waals surface area contributed by atoms with E-state index in [-0.39, 0.29) is 35.6 Å². The van der Waals surface area contributed by atoms with Gasteiger partial charge in [0.15, 0.2) is 0 Å². The molecule has 0 unspecified atom stereocenters. The fraction of sp³-hybridized carbons (Fsp3) is 0.625. The molecule has 33 heavy (non-hydrogen) atoms. The van der Waals surface area contributed by atoms with E-state index >= 15 is 0 Å². The molecular formula is C24H34N2O6S. The molecule has 1 aromatic rings. The third-order valence-corrected chi connectivity index (χ3v) is 8.15. The van der Waals surface area contributed by atoms with Crippen LogP contribution < -0.4 is 4.74 Å². The van der Waals surface area contributed by atoms with Crippen molar-refractivity contribution < 1.29 is 28.2 Å². The molecule has 2 aliphatic rings. The molecule has 0 radical (unpaired) electrons. The monoisotopic (exact) mass is 478 g/mol. The first-order valence-corrected chi connectivity index (χ1v) is 12.8. The molecule has 0 spiro atoms. The summed E-state index contributed by atoms with van der Waals surface area (Å²) in [7, 11) is -2.19. The largest absolute Gasteiger partial charge is 0.487 e. The van der Waals surface area contributed by atoms with Gasteiger partial charge in [0, 0.05) is 37.5 Å². The van der Waals surface area contributed by atoms with E-state index in [9.17, 15) is 23.4 Å². The Balaban J connectivity index is 1.99. The van der Waals surface area contributed by atoms with E-state index in [0.29, 0.717) is 24.4 Å². The van der Waals surface area contributed by atoms with Crippen molar-refractivity contribution in [3.8, 4) is 17.6 Å². The maximum atomic E-state index is 13.5. The van der Waals surface area contributed by atoms with Crippen LogP contribution in [0.1, 0.15) is 45.6 Å². The average molecular weight is 479 g/mol. The van der Waals surface area contributed by atoms with Crippen LogP contribution in [0.3, 0.4) is 0 Å². The summed E-state index contributed by atoms with van der Waals surface area (Å²) in [5, 5.41) is 19.2. The van der Waals surface area contributed by atoms with Gasteiger partial charge < -0.3 is 19.8 Å². The molecule has 9 heteroatoms. The zero-order chi connectivity index (χ0) is 24.3. The van der Waals surface area contributed by atoms with Crippen molar-refractivity contribution in [2.75, 3.05) is 26.7 Å². The Bertz CT molecular complexity index is 1030. The van der Waals surface area contributed by atoms with Crippen LogP contribution in [-0.4, -0.2) is 78.7 Å². The van der Waals surface area contributed by atoms with Gasteiger partial charge in [0.2, 0.25) is 15.9 Å². The van der Waals surface area contributed by atoms with Gasteiger partial charge in [0.25, 0.3) is 0 Å². The number of hydrogen-bond donors (Lipinski definition) is 2. The Labute approximate surface area is 196 Å². The molecule has 1 fully saturated rings. The summed E-state index contributed by atoms with van der Waals surface area (Å²) in [4.78, 5) is 14.2. The highest BCUT2D eigenvalue weighted by Crippen LogP contribution is 2.35. The summed E-state index contributed by atoms with van der Waals surface area (Å²) in [6.07, 6.45) is 1.42. The second kappa shape index (κ2) is 10.4. The number of rotatable bonds is 6. The number of benzene rings is 1. The Kier molecular flexibility index (Phi) is 8.06. The molecule has 1 aliphatic carbocycles. The lowest BCUT2D eigenvalue weighted by atomic mass is 10.0. The lowest BCUT2D eigenvalue weighted by molar-refractivity contribution is -0.131. The molecule has 1 aromatic carbocycles. The van der Waals surface area contributed by atoms with E-state index in [1.807, 2.05) is 6.92 Å². The van der Waals surface area contributed by atoms with Gasteiger partial charge in [0.1, 0.15) is 22.9 Å². The summed E-state index contributed by atoms with van der Waals surface area (Å²) in [6.45, 7) is 5.25. The summed E-state index contributed by atoms with van der Waals surface area (Å²) >= 11 is 0. The molecule has 1 saturated carbocycles. The quantitative estimate of drug-likeness (QED) is 0.600. The topological polar surface area (TPSA) is 107 Å². The number of likely N-dealkylation sites (N-methyl/N-ethyl adjacent to an activating group) is 1. The fourth-order valence-electron chi connectivity index (χ4n) is 3.81. The van der Waals surface area contributed by atoms with Crippen LogP contribution in [0.2, 0.25) is 0 Å². The smallest absolute Gasteiger partial charge is 0.247 e. The Hall–Kier alpha value is -2.12. The number of aliphatic hydroxyl groups excluding tert-OH is 2. The molecule has 0 saturated heterocycles. The van der Waals surface area contributed by atoms with Crippen molar-refractivity contribution in [2.24, 2.45) is 11.8 Å². The first-order valence-electron chi connectivity index (χ1n) is 11.4. The fourth-order valence-corrected chi connectivity index (χ4v) is 5.63. The number of carbonyl (C=O) groups is 1. The number of amides is 1. The minimum Gasteiger partial charge on any atom is -0.487 e. The van der Waals surface area contributed by atoms with E-state index in [2.05, 4.69) is 11.8 Å². The standard InChI is InChI=1S/C24H34N2O6S/c1-16-13-26(17(2)15-27)33(30,31)23-10-9-19(6-5-18(3)28)11-21(23)32-22(16)14-25(4)24(29)12-20-7-8-20/h9-11,16-18,20,22,27-28H,7-8,12-15H2,1-4H3/t16-,17-,18-,22+/m1/s1. The lowest BCUT2D eigenvalue weighted by Gasteiger charge is -2.37. The average Bonchev–Trinajstić information content (AvgIpc) is 3.57. The van der Waals surface area contributed by atoms with E-state index in [1.54, 1.807) is 37.9 Å². The van der Waals surface area contributed by atoms with E-state index < -0.39 is 28.3 Å². The van der Waals surface area contributed by atoms with E-state index in [1.165, 1.54) is 10.4 Å². The molecule has 1 heterocycles. The second-order valence-electron chi connectivity index (χ2n) is 9.27. The third kappa shape index (κ3) is 6.27. The number of ether oxygens (including phenoxy) is 1. The summed E-state index contributed by atoms with van der Waals surface area (Å²) in [5.41, 5.74) is 0.511. The number of aliphatic hydroxyl groups is 2. The molecule has 4 atom stereocenters. The number of carbonyl (C=O) groups excluding carboxylic acids is 1. The van der Waals surface area contributed by atoms with Gasteiger partial charge >= 0.3 is 0 Å². The van der Waals surface area contributed by atoms with Crippen molar-refractivity contribution in [2.45, 2.75) is 63.2 Å². The molecule has 1 aliphatic heterocycles. The number of hydrogen-bond acceptors (Lipinski definition) is 6. The van der Waals surface area contributed by atoms with Crippen LogP contribution in [0, 0.1) is 23.7 Å². The Morgan fingerprint density at radius 2 is 2.03 bits per heavy atom. The predicted molar refractivity (Wildman–Crippen MR) is 124 cm³/mol. The number of nitrogens with zero attached hydrogens (tertiary/aromatic N) is 2. The Morgan fingerprint density at radius 1 is 1.33 bits per heavy atom. The van der Waals surface area contributed by atoms with E-state index in [0.717, 1.165) is 12.8 Å². The maximum Gasteiger partial charge on any atom is 0.247 e. The van der Waals surface area contributed by atoms with Crippen LogP contribution >= 0.6 is 0 Å². The van der Waals surface area contributed by atoms with Crippen LogP contribution in [0.5, 0.6) is 5.75 Å². The number of fused-ring (bicyclic) bond motifs is 1. The minimum absolute atomic E-state index is 0.00532. The maximum absolute atomic E-state index is 13.5. The first kappa shape index (κ1) is 25.5. The highest BCUT2D eigenvalue weighted by atomic mass is 32.2. The van der Waals surface area contributed by atoms with Crippen molar-refractivity contribution in [3.63, 3.8) is 0 Å². The van der Waals surface area contributed by atoms with Crippen LogP contribution in [0.4, 0.5) is 0 Å². The van der Waals surface area contributed by atoms with Gasteiger partial charge in [-0.3, -0.25) is 4.79 Å². The van der Waals surface area contributed by atoms with Crippen molar-refractivity contribution in [1.29, 1.82) is 0 Å². The van der Waals surface area contributed by atoms with Gasteiger partial charge in [0.05, 0.1) is 13.2 Å². The zero-order valence-electron chi connectivity index (χ0n) is 19.7.